The van der Waals surface area contributed by atoms with Gasteiger partial charge in [-0.2, -0.15) is 12.6 Å². The van der Waals surface area contributed by atoms with Crippen molar-refractivity contribution in [3.8, 4) is 0 Å². The van der Waals surface area contributed by atoms with E-state index in [9.17, 15) is 0 Å². The third kappa shape index (κ3) is 0.987. The van der Waals surface area contributed by atoms with Gasteiger partial charge in [-0.15, -0.1) is 0 Å². The van der Waals surface area contributed by atoms with Crippen LogP contribution in [-0.2, 0) is 0 Å². The molecule has 0 aliphatic carbocycles. The Balaban J connectivity index is 2.06. The molecule has 3 fully saturated rings. The van der Waals surface area contributed by atoms with Crippen molar-refractivity contribution in [2.45, 2.75) is 24.6 Å². The predicted molar refractivity (Wildman–Crippen MR) is 41.7 cm³/mol. The molecule has 2 bridgehead atoms. The van der Waals surface area contributed by atoms with E-state index in [-0.39, 0.29) is 0 Å². The van der Waals surface area contributed by atoms with E-state index >= 15 is 0 Å². The Labute approximate surface area is 61.8 Å². The van der Waals surface area contributed by atoms with E-state index in [0.29, 0.717) is 5.37 Å². The lowest BCUT2D eigenvalue weighted by Gasteiger charge is -2.43. The lowest BCUT2D eigenvalue weighted by atomic mass is 9.88. The number of rotatable bonds is 0. The Kier molecular flexibility index (Phi) is 1.46. The minimum atomic E-state index is 0.595. The van der Waals surface area contributed by atoms with Gasteiger partial charge >= 0.3 is 0 Å². The quantitative estimate of drug-likeness (QED) is 0.501. The van der Waals surface area contributed by atoms with Gasteiger partial charge in [0.15, 0.2) is 0 Å². The van der Waals surface area contributed by atoms with Gasteiger partial charge in [-0.05, 0) is 38.3 Å². The topological polar surface area (TPSA) is 3.24 Å². The Bertz CT molecular complexity index is 107. The SMILES string of the molecule is S[C@H]1CC2CCN1CC2. The zero-order chi connectivity index (χ0) is 6.27. The van der Waals surface area contributed by atoms with Gasteiger partial charge in [0.25, 0.3) is 0 Å². The maximum absolute atomic E-state index is 4.49. The molecule has 0 unspecified atom stereocenters. The highest BCUT2D eigenvalue weighted by molar-refractivity contribution is 7.80. The molecule has 1 atom stereocenters. The van der Waals surface area contributed by atoms with Crippen LogP contribution >= 0.6 is 12.6 Å². The van der Waals surface area contributed by atoms with Gasteiger partial charge in [0.2, 0.25) is 0 Å². The molecule has 0 aromatic rings. The lowest BCUT2D eigenvalue weighted by Crippen LogP contribution is -2.45. The van der Waals surface area contributed by atoms with Crippen LogP contribution in [0.5, 0.6) is 0 Å². The molecule has 3 aliphatic rings. The van der Waals surface area contributed by atoms with Crippen LogP contribution < -0.4 is 0 Å². The average Bonchev–Trinajstić information content (AvgIpc) is 1.90. The minimum absolute atomic E-state index is 0.595. The predicted octanol–water partition coefficient (Wildman–Crippen LogP) is 1.36. The van der Waals surface area contributed by atoms with Crippen LogP contribution in [0.15, 0.2) is 0 Å². The first-order valence-electron chi connectivity index (χ1n) is 3.78. The van der Waals surface area contributed by atoms with Crippen LogP contribution in [0.2, 0.25) is 0 Å². The summed E-state index contributed by atoms with van der Waals surface area (Å²) in [5.74, 6) is 1.01. The van der Waals surface area contributed by atoms with Crippen LogP contribution in [0, 0.1) is 5.92 Å². The second-order valence-electron chi connectivity index (χ2n) is 3.20. The fourth-order valence-electron chi connectivity index (χ4n) is 1.93. The maximum Gasteiger partial charge on any atom is 0.0530 e. The lowest BCUT2D eigenvalue weighted by molar-refractivity contribution is 0.0946. The zero-order valence-electron chi connectivity index (χ0n) is 5.58. The highest BCUT2D eigenvalue weighted by Gasteiger charge is 2.30. The molecule has 0 saturated carbocycles. The molecular weight excluding hydrogens is 130 g/mol. The van der Waals surface area contributed by atoms with Crippen LogP contribution in [0.4, 0.5) is 0 Å². The van der Waals surface area contributed by atoms with Crippen LogP contribution in [-0.4, -0.2) is 23.4 Å². The summed E-state index contributed by atoms with van der Waals surface area (Å²) in [5, 5.41) is 0.595. The highest BCUT2D eigenvalue weighted by atomic mass is 32.1. The first-order valence-corrected chi connectivity index (χ1v) is 4.30. The molecule has 0 aromatic carbocycles. The minimum Gasteiger partial charge on any atom is -0.292 e. The van der Waals surface area contributed by atoms with Gasteiger partial charge in [0.1, 0.15) is 0 Å². The van der Waals surface area contributed by atoms with Crippen molar-refractivity contribution in [1.29, 1.82) is 0 Å². The van der Waals surface area contributed by atoms with Crippen LogP contribution in [0.3, 0.4) is 0 Å². The van der Waals surface area contributed by atoms with Gasteiger partial charge in [-0.1, -0.05) is 0 Å². The molecule has 0 amide bonds. The maximum atomic E-state index is 4.49. The summed E-state index contributed by atoms with van der Waals surface area (Å²) in [4.78, 5) is 2.49. The summed E-state index contributed by atoms with van der Waals surface area (Å²) in [6.45, 7) is 2.61. The second kappa shape index (κ2) is 2.17. The van der Waals surface area contributed by atoms with Gasteiger partial charge in [0.05, 0.1) is 5.37 Å². The Morgan fingerprint density at radius 2 is 1.89 bits per heavy atom. The van der Waals surface area contributed by atoms with Crippen molar-refractivity contribution >= 4 is 12.6 Å². The molecule has 3 heterocycles. The van der Waals surface area contributed by atoms with Gasteiger partial charge in [-0.25, -0.2) is 0 Å². The first-order chi connectivity index (χ1) is 4.36. The highest BCUT2D eigenvalue weighted by Crippen LogP contribution is 2.32. The number of hydrogen-bond donors (Lipinski definition) is 1. The summed E-state index contributed by atoms with van der Waals surface area (Å²) in [5.41, 5.74) is 0. The fourth-order valence-corrected chi connectivity index (χ4v) is 2.46. The summed E-state index contributed by atoms with van der Waals surface area (Å²) in [6, 6.07) is 0. The molecule has 9 heavy (non-hydrogen) atoms. The largest absolute Gasteiger partial charge is 0.292 e. The Morgan fingerprint density at radius 3 is 2.11 bits per heavy atom. The molecule has 1 nitrogen and oxygen atoms in total. The molecule has 0 N–H and O–H groups in total. The molecule has 0 radical (unpaired) electrons. The monoisotopic (exact) mass is 143 g/mol. The second-order valence-corrected chi connectivity index (χ2v) is 3.79. The number of hydrogen-bond acceptors (Lipinski definition) is 2. The third-order valence-electron chi connectivity index (χ3n) is 2.61. The third-order valence-corrected chi connectivity index (χ3v) is 3.15. The van der Waals surface area contributed by atoms with Crippen LogP contribution in [0.25, 0.3) is 0 Å². The first kappa shape index (κ1) is 6.05. The van der Waals surface area contributed by atoms with Gasteiger partial charge in [0, 0.05) is 0 Å². The summed E-state index contributed by atoms with van der Waals surface area (Å²) in [6.07, 6.45) is 4.19. The summed E-state index contributed by atoms with van der Waals surface area (Å²) in [7, 11) is 0. The molecule has 52 valence electrons. The molecule has 0 aromatic heterocycles. The average molecular weight is 143 g/mol. The standard InChI is InChI=1S/C7H13NS/c9-7-5-6-1-3-8(7)4-2-6/h6-7,9H,1-5H2/t7-/m0/s1. The Morgan fingerprint density at radius 1 is 1.22 bits per heavy atom. The van der Waals surface area contributed by atoms with Crippen molar-refractivity contribution < 1.29 is 0 Å². The molecule has 0 spiro atoms. The van der Waals surface area contributed by atoms with E-state index in [1.54, 1.807) is 0 Å². The van der Waals surface area contributed by atoms with Crippen molar-refractivity contribution in [3.63, 3.8) is 0 Å². The summed E-state index contributed by atoms with van der Waals surface area (Å²) < 4.78 is 0. The van der Waals surface area contributed by atoms with Crippen LogP contribution in [0.1, 0.15) is 19.3 Å². The number of piperidine rings is 3. The molecule has 3 saturated heterocycles. The fraction of sp³-hybridized carbons (Fsp3) is 1.00. The summed E-state index contributed by atoms with van der Waals surface area (Å²) >= 11 is 4.49. The normalized spacial score (nSPS) is 49.7. The number of fused-ring (bicyclic) bond motifs is 3. The smallest absolute Gasteiger partial charge is 0.0530 e. The van der Waals surface area contributed by atoms with E-state index in [4.69, 9.17) is 0 Å². The molecule has 3 aliphatic heterocycles. The molecular formula is C7H13NS. The van der Waals surface area contributed by atoms with Crippen molar-refractivity contribution in [1.82, 2.24) is 4.90 Å². The molecule has 2 heteroatoms. The van der Waals surface area contributed by atoms with Gasteiger partial charge < -0.3 is 0 Å². The van der Waals surface area contributed by atoms with E-state index in [0.717, 1.165) is 5.92 Å². The van der Waals surface area contributed by atoms with E-state index in [1.165, 1.54) is 32.4 Å². The Hall–Kier alpha value is 0.310. The van der Waals surface area contributed by atoms with Crippen molar-refractivity contribution in [2.75, 3.05) is 13.1 Å². The van der Waals surface area contributed by atoms with E-state index in [2.05, 4.69) is 17.5 Å². The van der Waals surface area contributed by atoms with Gasteiger partial charge in [-0.3, -0.25) is 4.90 Å². The van der Waals surface area contributed by atoms with Crippen molar-refractivity contribution in [3.05, 3.63) is 0 Å². The molecule has 3 rings (SSSR count). The number of thiol groups is 1. The zero-order valence-corrected chi connectivity index (χ0v) is 6.48. The number of nitrogens with zero attached hydrogens (tertiary/aromatic N) is 1. The van der Waals surface area contributed by atoms with Crippen molar-refractivity contribution in [2.24, 2.45) is 5.92 Å². The van der Waals surface area contributed by atoms with E-state index in [1.807, 2.05) is 0 Å². The van der Waals surface area contributed by atoms with E-state index < -0.39 is 0 Å².